The van der Waals surface area contributed by atoms with Crippen molar-refractivity contribution < 1.29 is 4.79 Å². The summed E-state index contributed by atoms with van der Waals surface area (Å²) in [6.45, 7) is 5.84. The number of benzene rings is 1. The lowest BCUT2D eigenvalue weighted by Gasteiger charge is -2.17. The van der Waals surface area contributed by atoms with Crippen LogP contribution in [-0.4, -0.2) is 30.5 Å². The summed E-state index contributed by atoms with van der Waals surface area (Å²) >= 11 is 1.32. The lowest BCUT2D eigenvalue weighted by molar-refractivity contribution is -0.115. The van der Waals surface area contributed by atoms with Crippen LogP contribution in [0.2, 0.25) is 0 Å². The van der Waals surface area contributed by atoms with E-state index in [1.165, 1.54) is 11.8 Å². The number of nitrogens with one attached hydrogen (secondary N) is 1. The summed E-state index contributed by atoms with van der Waals surface area (Å²) in [5, 5.41) is 7.99. The maximum Gasteiger partial charge on any atom is 0.262 e. The highest BCUT2D eigenvalue weighted by atomic mass is 32.2. The molecule has 1 N–H and O–H groups in total. The van der Waals surface area contributed by atoms with Crippen molar-refractivity contribution in [3.8, 4) is 0 Å². The molecule has 0 saturated heterocycles. The fourth-order valence-corrected chi connectivity index (χ4v) is 4.11. The Balaban J connectivity index is 1.60. The molecule has 2 aromatic heterocycles. The summed E-state index contributed by atoms with van der Waals surface area (Å²) in [6, 6.07) is 9.48. The van der Waals surface area contributed by atoms with Crippen LogP contribution in [0.3, 0.4) is 0 Å². The molecular weight excluding hydrogens is 374 g/mol. The Morgan fingerprint density at radius 3 is 2.68 bits per heavy atom. The van der Waals surface area contributed by atoms with Crippen LogP contribution in [0, 0.1) is 0 Å². The van der Waals surface area contributed by atoms with Crippen LogP contribution < -0.4 is 10.9 Å². The third-order valence-corrected chi connectivity index (χ3v) is 5.82. The van der Waals surface area contributed by atoms with Gasteiger partial charge >= 0.3 is 0 Å². The van der Waals surface area contributed by atoms with Gasteiger partial charge in [0.2, 0.25) is 5.91 Å². The standard InChI is InChI=1S/C20H23N5O2S/c1-12(2)25-17(10-11-21-25)23-18(26)13(3)28-20-22-16-7-5-4-6-15(16)19(27)24(20)14-8-9-14/h4-7,10-14H,8-9H2,1-3H3,(H,23,26). The van der Waals surface area contributed by atoms with Gasteiger partial charge in [0.25, 0.3) is 5.56 Å². The zero-order chi connectivity index (χ0) is 19.8. The monoisotopic (exact) mass is 397 g/mol. The number of anilines is 1. The van der Waals surface area contributed by atoms with Crippen molar-refractivity contribution in [3.05, 3.63) is 46.9 Å². The number of hydrogen-bond donors (Lipinski definition) is 1. The maximum atomic E-state index is 13.0. The van der Waals surface area contributed by atoms with Crippen LogP contribution >= 0.6 is 11.8 Å². The van der Waals surface area contributed by atoms with Gasteiger partial charge in [0.1, 0.15) is 5.82 Å². The fraction of sp³-hybridized carbons (Fsp3) is 0.400. The Morgan fingerprint density at radius 1 is 1.21 bits per heavy atom. The van der Waals surface area contributed by atoms with E-state index in [1.807, 2.05) is 39.0 Å². The molecule has 1 fully saturated rings. The number of aromatic nitrogens is 4. The highest BCUT2D eigenvalue weighted by molar-refractivity contribution is 8.00. The van der Waals surface area contributed by atoms with Gasteiger partial charge in [-0.05, 0) is 45.7 Å². The SMILES string of the molecule is CC(Sc1nc2ccccc2c(=O)n1C1CC1)C(=O)Nc1ccnn1C(C)C. The molecular formula is C20H23N5O2S. The Labute approximate surface area is 167 Å². The van der Waals surface area contributed by atoms with Gasteiger partial charge in [-0.15, -0.1) is 0 Å². The molecule has 1 aliphatic rings. The molecule has 1 aromatic carbocycles. The minimum Gasteiger partial charge on any atom is -0.310 e. The molecule has 146 valence electrons. The quantitative estimate of drug-likeness (QED) is 0.507. The summed E-state index contributed by atoms with van der Waals surface area (Å²) in [7, 11) is 0. The molecule has 8 heteroatoms. The minimum absolute atomic E-state index is 0.0268. The number of carbonyl (C=O) groups is 1. The number of carbonyl (C=O) groups excluding carboxylic acids is 1. The Hall–Kier alpha value is -2.61. The molecule has 1 atom stereocenters. The van der Waals surface area contributed by atoms with Crippen LogP contribution in [0.15, 0.2) is 46.5 Å². The molecule has 3 aromatic rings. The molecule has 1 saturated carbocycles. The molecule has 28 heavy (non-hydrogen) atoms. The van der Waals surface area contributed by atoms with Crippen molar-refractivity contribution in [3.63, 3.8) is 0 Å². The van der Waals surface area contributed by atoms with Gasteiger partial charge < -0.3 is 5.32 Å². The predicted molar refractivity (Wildman–Crippen MR) is 111 cm³/mol. The maximum absolute atomic E-state index is 13.0. The first-order chi connectivity index (χ1) is 13.5. The van der Waals surface area contributed by atoms with Gasteiger partial charge in [-0.2, -0.15) is 5.10 Å². The van der Waals surface area contributed by atoms with E-state index in [0.29, 0.717) is 21.9 Å². The summed E-state index contributed by atoms with van der Waals surface area (Å²) < 4.78 is 3.53. The van der Waals surface area contributed by atoms with E-state index in [9.17, 15) is 9.59 Å². The van der Waals surface area contributed by atoms with Crippen LogP contribution in [-0.2, 0) is 4.79 Å². The second-order valence-electron chi connectivity index (χ2n) is 7.32. The molecule has 4 rings (SSSR count). The third-order valence-electron chi connectivity index (χ3n) is 4.75. The number of hydrogen-bond acceptors (Lipinski definition) is 5. The van der Waals surface area contributed by atoms with Crippen molar-refractivity contribution in [1.29, 1.82) is 0 Å². The van der Waals surface area contributed by atoms with Gasteiger partial charge in [-0.1, -0.05) is 23.9 Å². The number of fused-ring (bicyclic) bond motifs is 1. The zero-order valence-electron chi connectivity index (χ0n) is 16.1. The Morgan fingerprint density at radius 2 is 1.96 bits per heavy atom. The number of nitrogens with zero attached hydrogens (tertiary/aromatic N) is 4. The van der Waals surface area contributed by atoms with Crippen molar-refractivity contribution in [2.24, 2.45) is 0 Å². The molecule has 1 amide bonds. The second-order valence-corrected chi connectivity index (χ2v) is 8.63. The summed E-state index contributed by atoms with van der Waals surface area (Å²) in [6.07, 6.45) is 3.62. The fourth-order valence-electron chi connectivity index (χ4n) is 3.13. The van der Waals surface area contributed by atoms with E-state index < -0.39 is 5.25 Å². The average molecular weight is 398 g/mol. The van der Waals surface area contributed by atoms with Gasteiger partial charge in [-0.25, -0.2) is 9.67 Å². The van der Waals surface area contributed by atoms with Crippen molar-refractivity contribution in [2.45, 2.75) is 56.1 Å². The lowest BCUT2D eigenvalue weighted by Crippen LogP contribution is -2.27. The number of rotatable bonds is 6. The largest absolute Gasteiger partial charge is 0.310 e. The van der Waals surface area contributed by atoms with Gasteiger partial charge in [0.05, 0.1) is 22.3 Å². The van der Waals surface area contributed by atoms with E-state index in [4.69, 9.17) is 4.98 Å². The third kappa shape index (κ3) is 3.56. The summed E-state index contributed by atoms with van der Waals surface area (Å²) in [5.74, 6) is 0.524. The Kier molecular flexibility index (Phi) is 4.97. The van der Waals surface area contributed by atoms with E-state index >= 15 is 0 Å². The summed E-state index contributed by atoms with van der Waals surface area (Å²) in [5.41, 5.74) is 0.637. The smallest absolute Gasteiger partial charge is 0.262 e. The minimum atomic E-state index is -0.409. The van der Waals surface area contributed by atoms with Crippen LogP contribution in [0.4, 0.5) is 5.82 Å². The molecule has 2 heterocycles. The van der Waals surface area contributed by atoms with Gasteiger partial charge in [-0.3, -0.25) is 14.2 Å². The molecule has 7 nitrogen and oxygen atoms in total. The molecule has 1 unspecified atom stereocenters. The van der Waals surface area contributed by atoms with E-state index in [0.717, 1.165) is 12.8 Å². The number of para-hydroxylation sites is 1. The van der Waals surface area contributed by atoms with Crippen LogP contribution in [0.5, 0.6) is 0 Å². The number of thioether (sulfide) groups is 1. The molecule has 1 aliphatic carbocycles. The first-order valence-electron chi connectivity index (χ1n) is 9.48. The molecule has 0 radical (unpaired) electrons. The van der Waals surface area contributed by atoms with Gasteiger partial charge in [0, 0.05) is 18.2 Å². The van der Waals surface area contributed by atoms with E-state index in [1.54, 1.807) is 27.6 Å². The molecule has 0 bridgehead atoms. The van der Waals surface area contributed by atoms with Crippen LogP contribution in [0.1, 0.15) is 45.7 Å². The topological polar surface area (TPSA) is 81.8 Å². The zero-order valence-corrected chi connectivity index (χ0v) is 16.9. The second kappa shape index (κ2) is 7.43. The normalized spacial score (nSPS) is 15.1. The van der Waals surface area contributed by atoms with Crippen molar-refractivity contribution >= 4 is 34.4 Å². The van der Waals surface area contributed by atoms with E-state index in [-0.39, 0.29) is 23.6 Å². The summed E-state index contributed by atoms with van der Waals surface area (Å²) in [4.78, 5) is 30.4. The first kappa shape index (κ1) is 18.7. The first-order valence-corrected chi connectivity index (χ1v) is 10.4. The van der Waals surface area contributed by atoms with E-state index in [2.05, 4.69) is 10.4 Å². The highest BCUT2D eigenvalue weighted by Crippen LogP contribution is 2.37. The molecule has 0 spiro atoms. The predicted octanol–water partition coefficient (Wildman–Crippen LogP) is 3.63. The Bertz CT molecular complexity index is 1080. The lowest BCUT2D eigenvalue weighted by atomic mass is 10.2. The average Bonchev–Trinajstić information content (AvgIpc) is 3.39. The molecule has 0 aliphatic heterocycles. The van der Waals surface area contributed by atoms with Crippen LogP contribution in [0.25, 0.3) is 10.9 Å². The van der Waals surface area contributed by atoms with Crippen molar-refractivity contribution in [1.82, 2.24) is 19.3 Å². The van der Waals surface area contributed by atoms with Gasteiger partial charge in [0.15, 0.2) is 5.16 Å². The number of amides is 1. The highest BCUT2D eigenvalue weighted by Gasteiger charge is 2.30. The van der Waals surface area contributed by atoms with Crippen molar-refractivity contribution in [2.75, 3.05) is 5.32 Å².